The Hall–Kier alpha value is 0.210. The van der Waals surface area contributed by atoms with Crippen molar-refractivity contribution >= 4 is 15.9 Å². The van der Waals surface area contributed by atoms with Crippen LogP contribution in [0.25, 0.3) is 0 Å². The smallest absolute Gasteiger partial charge is 0.202 e. The van der Waals surface area contributed by atoms with Crippen molar-refractivity contribution in [2.45, 2.75) is 89.2 Å². The highest BCUT2D eigenvalue weighted by Crippen LogP contribution is 2.64. The maximum absolute atomic E-state index is 14.4. The van der Waals surface area contributed by atoms with E-state index in [4.69, 9.17) is 24.0 Å². The molecule has 5 rings (SSSR count). The molecule has 5 aliphatic rings. The first kappa shape index (κ1) is 21.4. The summed E-state index contributed by atoms with van der Waals surface area (Å²) in [5.74, 6) is -1.38. The van der Waals surface area contributed by atoms with Crippen LogP contribution in [0.3, 0.4) is 0 Å². The molecule has 2 bridgehead atoms. The van der Waals surface area contributed by atoms with E-state index < -0.39 is 30.1 Å². The van der Waals surface area contributed by atoms with Crippen LogP contribution in [0.5, 0.6) is 0 Å². The Morgan fingerprint density at radius 3 is 2.57 bits per heavy atom. The van der Waals surface area contributed by atoms with E-state index in [1.54, 1.807) is 0 Å². The molecule has 0 amide bonds. The molecule has 0 N–H and O–H groups in total. The molecule has 8 atom stereocenters. The van der Waals surface area contributed by atoms with Gasteiger partial charge >= 0.3 is 0 Å². The summed E-state index contributed by atoms with van der Waals surface area (Å²) in [4.78, 5) is 11.7. The first-order valence-electron chi connectivity index (χ1n) is 10.9. The summed E-state index contributed by atoms with van der Waals surface area (Å²) in [5.41, 5.74) is -0.660. The highest BCUT2D eigenvalue weighted by molar-refractivity contribution is 9.09. The minimum absolute atomic E-state index is 0.0847. The van der Waals surface area contributed by atoms with Crippen molar-refractivity contribution in [1.82, 2.24) is 0 Å². The molecular formula is C21H34BrFO5. The van der Waals surface area contributed by atoms with E-state index in [1.807, 2.05) is 13.8 Å². The summed E-state index contributed by atoms with van der Waals surface area (Å²) in [6.07, 6.45) is 6.45. The van der Waals surface area contributed by atoms with E-state index >= 15 is 0 Å². The molecule has 4 aliphatic heterocycles. The average Bonchev–Trinajstić information content (AvgIpc) is 2.68. The number of alkyl halides is 2. The van der Waals surface area contributed by atoms with E-state index in [1.165, 1.54) is 0 Å². The average molecular weight is 465 g/mol. The lowest BCUT2D eigenvalue weighted by Gasteiger charge is -2.68. The number of hydrogen-bond donors (Lipinski definition) is 0. The van der Waals surface area contributed by atoms with E-state index in [0.29, 0.717) is 12.5 Å². The third-order valence-electron chi connectivity index (χ3n) is 7.62. The number of unbranched alkanes of at least 4 members (excludes halogenated alkanes) is 3. The van der Waals surface area contributed by atoms with Gasteiger partial charge in [0.15, 0.2) is 11.9 Å². The van der Waals surface area contributed by atoms with Gasteiger partial charge in [0.2, 0.25) is 11.6 Å². The van der Waals surface area contributed by atoms with Crippen molar-refractivity contribution in [3.8, 4) is 0 Å². The van der Waals surface area contributed by atoms with Crippen LogP contribution >= 0.6 is 15.9 Å². The molecule has 1 spiro atoms. The molecule has 4 heterocycles. The number of hydrogen-bond acceptors (Lipinski definition) is 5. The number of fused-ring (bicyclic) bond motifs is 1. The molecule has 7 heteroatoms. The van der Waals surface area contributed by atoms with Crippen LogP contribution in [0.15, 0.2) is 0 Å². The Bertz CT molecular complexity index is 567. The normalized spacial score (nSPS) is 49.8. The molecule has 28 heavy (non-hydrogen) atoms. The first-order valence-corrected chi connectivity index (χ1v) is 12.0. The maximum Gasteiger partial charge on any atom is 0.202 e. The Kier molecular flexibility index (Phi) is 6.16. The van der Waals surface area contributed by atoms with Crippen LogP contribution in [-0.4, -0.2) is 42.1 Å². The van der Waals surface area contributed by atoms with Crippen LogP contribution in [0.4, 0.5) is 4.39 Å². The third-order valence-corrected chi connectivity index (χ3v) is 8.18. The summed E-state index contributed by atoms with van der Waals surface area (Å²) < 4.78 is 33.1. The topological polar surface area (TPSA) is 46.2 Å². The zero-order valence-corrected chi connectivity index (χ0v) is 18.8. The fourth-order valence-corrected chi connectivity index (χ4v) is 6.34. The molecule has 0 radical (unpaired) electrons. The van der Waals surface area contributed by atoms with E-state index in [-0.39, 0.29) is 17.8 Å². The van der Waals surface area contributed by atoms with Gasteiger partial charge in [-0.25, -0.2) is 14.2 Å². The monoisotopic (exact) mass is 464 g/mol. The first-order chi connectivity index (χ1) is 13.4. The van der Waals surface area contributed by atoms with E-state index in [0.717, 1.165) is 50.3 Å². The van der Waals surface area contributed by atoms with Gasteiger partial charge in [-0.1, -0.05) is 42.6 Å². The summed E-state index contributed by atoms with van der Waals surface area (Å²) in [5, 5.41) is 1.02. The van der Waals surface area contributed by atoms with Crippen molar-refractivity contribution in [3.63, 3.8) is 0 Å². The maximum atomic E-state index is 14.4. The molecular weight excluding hydrogens is 431 g/mol. The van der Waals surface area contributed by atoms with E-state index in [2.05, 4.69) is 22.9 Å². The number of ether oxygens (including phenoxy) is 3. The SMILES string of the molecule is C[C@@H]1CC[C@H]2[C@@H](C)[C@@](CF)(OCCCCCCBr)O[C@@H]3O[C@]4(C)C[C@@H]1[C@]32OO4. The predicted octanol–water partition coefficient (Wildman–Crippen LogP) is 5.12. The molecule has 5 fully saturated rings. The minimum atomic E-state index is -1.27. The van der Waals surface area contributed by atoms with Crippen LogP contribution in [0, 0.1) is 23.7 Å². The lowest BCUT2D eigenvalue weighted by atomic mass is 9.55. The molecule has 1 aliphatic carbocycles. The van der Waals surface area contributed by atoms with Gasteiger partial charge in [0, 0.05) is 29.5 Å². The highest BCUT2D eigenvalue weighted by Gasteiger charge is 2.74. The molecule has 0 aromatic heterocycles. The highest BCUT2D eigenvalue weighted by atomic mass is 79.9. The Morgan fingerprint density at radius 1 is 1.04 bits per heavy atom. The standard InChI is InChI=1S/C21H34BrFO5/c1-14-8-9-16-15(2)20(13-23,24-11-7-5-4-6-10-22)26-18-21(16)17(14)12-19(3,25-18)27-28-21/h14-18H,4-13H2,1-3H3/t14-,15-,16+,17+,18+,19+,20+,21+/m1/s1. The van der Waals surface area contributed by atoms with E-state index in [9.17, 15) is 4.39 Å². The van der Waals surface area contributed by atoms with Crippen LogP contribution in [0.1, 0.15) is 65.7 Å². The Labute approximate surface area is 176 Å². The largest absolute Gasteiger partial charge is 0.347 e. The summed E-state index contributed by atoms with van der Waals surface area (Å²) in [6, 6.07) is 0. The van der Waals surface area contributed by atoms with Gasteiger partial charge in [-0.05, 0) is 38.5 Å². The second-order valence-electron chi connectivity index (χ2n) is 9.38. The van der Waals surface area contributed by atoms with Gasteiger partial charge in [-0.2, -0.15) is 0 Å². The quantitative estimate of drug-likeness (QED) is 0.283. The second-order valence-corrected chi connectivity index (χ2v) is 10.2. The molecule has 0 aromatic carbocycles. The van der Waals surface area contributed by atoms with Gasteiger partial charge in [0.05, 0.1) is 6.61 Å². The van der Waals surface area contributed by atoms with Gasteiger partial charge in [0.1, 0.15) is 6.67 Å². The van der Waals surface area contributed by atoms with Gasteiger partial charge in [-0.3, -0.25) is 0 Å². The van der Waals surface area contributed by atoms with Gasteiger partial charge in [0.25, 0.3) is 0 Å². The lowest BCUT2D eigenvalue weighted by molar-refractivity contribution is -0.623. The van der Waals surface area contributed by atoms with Crippen molar-refractivity contribution in [1.29, 1.82) is 0 Å². The fourth-order valence-electron chi connectivity index (χ4n) is 5.95. The summed E-state index contributed by atoms with van der Waals surface area (Å²) in [7, 11) is 0. The number of rotatable bonds is 8. The minimum Gasteiger partial charge on any atom is -0.347 e. The Balaban J connectivity index is 1.53. The summed E-state index contributed by atoms with van der Waals surface area (Å²) >= 11 is 3.45. The molecule has 4 saturated heterocycles. The van der Waals surface area contributed by atoms with Crippen LogP contribution in [0.2, 0.25) is 0 Å². The predicted molar refractivity (Wildman–Crippen MR) is 105 cm³/mol. The van der Waals surface area contributed by atoms with Crippen LogP contribution in [-0.2, 0) is 24.0 Å². The van der Waals surface area contributed by atoms with Gasteiger partial charge in [-0.15, -0.1) is 0 Å². The van der Waals surface area contributed by atoms with Crippen molar-refractivity contribution in [2.75, 3.05) is 18.6 Å². The third kappa shape index (κ3) is 3.28. The van der Waals surface area contributed by atoms with Crippen molar-refractivity contribution < 1.29 is 28.4 Å². The van der Waals surface area contributed by atoms with Crippen molar-refractivity contribution in [3.05, 3.63) is 0 Å². The van der Waals surface area contributed by atoms with Crippen LogP contribution < -0.4 is 0 Å². The Morgan fingerprint density at radius 2 is 1.82 bits per heavy atom. The fraction of sp³-hybridized carbons (Fsp3) is 1.00. The second kappa shape index (κ2) is 8.04. The lowest BCUT2D eigenvalue weighted by Crippen LogP contribution is -2.79. The van der Waals surface area contributed by atoms with Gasteiger partial charge < -0.3 is 14.2 Å². The zero-order valence-electron chi connectivity index (χ0n) is 17.3. The molecule has 162 valence electrons. The molecule has 0 aromatic rings. The molecule has 5 nitrogen and oxygen atoms in total. The van der Waals surface area contributed by atoms with Crippen molar-refractivity contribution in [2.24, 2.45) is 23.7 Å². The zero-order chi connectivity index (χ0) is 20.0. The molecule has 0 unspecified atom stereocenters. The number of halogens is 2. The molecule has 1 saturated carbocycles. The summed E-state index contributed by atoms with van der Waals surface area (Å²) in [6.45, 7) is 6.01.